The number of unbranched alkanes of at least 4 members (excludes halogenated alkanes) is 3. The summed E-state index contributed by atoms with van der Waals surface area (Å²) in [5, 5.41) is 8.77. The van der Waals surface area contributed by atoms with E-state index >= 15 is 0 Å². The van der Waals surface area contributed by atoms with E-state index in [4.69, 9.17) is 14.6 Å². The molecule has 0 amide bonds. The molecule has 3 nitrogen and oxygen atoms in total. The molecule has 0 unspecified atom stereocenters. The maximum Gasteiger partial charge on any atom is 0.134 e. The lowest BCUT2D eigenvalue weighted by molar-refractivity contribution is 0.117. The summed E-state index contributed by atoms with van der Waals surface area (Å²) in [6.07, 6.45) is 4.85. The summed E-state index contributed by atoms with van der Waals surface area (Å²) >= 11 is 0. The number of aliphatic hydroxyl groups is 1. The molecule has 0 aliphatic carbocycles. The maximum absolute atomic E-state index is 8.77. The molecule has 0 saturated heterocycles. The lowest BCUT2D eigenvalue weighted by atomic mass is 10.1. The SMILES string of the molecule is CCCCCCOCc1ccc(OC)c(C#CCO)c1. The Morgan fingerprint density at radius 3 is 2.75 bits per heavy atom. The average molecular weight is 276 g/mol. The van der Waals surface area contributed by atoms with Crippen molar-refractivity contribution in [3.05, 3.63) is 29.3 Å². The molecule has 0 aliphatic heterocycles. The number of ether oxygens (including phenoxy) is 2. The van der Waals surface area contributed by atoms with Crippen LogP contribution in [-0.2, 0) is 11.3 Å². The molecule has 0 fully saturated rings. The van der Waals surface area contributed by atoms with Crippen LogP contribution in [0.15, 0.2) is 18.2 Å². The summed E-state index contributed by atoms with van der Waals surface area (Å²) in [6.45, 7) is 3.43. The number of benzene rings is 1. The van der Waals surface area contributed by atoms with Crippen molar-refractivity contribution in [3.63, 3.8) is 0 Å². The first-order chi connectivity index (χ1) is 9.81. The molecule has 0 aliphatic rings. The van der Waals surface area contributed by atoms with Crippen molar-refractivity contribution < 1.29 is 14.6 Å². The van der Waals surface area contributed by atoms with E-state index in [1.165, 1.54) is 19.3 Å². The highest BCUT2D eigenvalue weighted by Crippen LogP contribution is 2.19. The Labute approximate surface area is 121 Å². The predicted octanol–water partition coefficient (Wildman–Crippen LogP) is 3.14. The van der Waals surface area contributed by atoms with Crippen LogP contribution in [0.1, 0.15) is 43.7 Å². The van der Waals surface area contributed by atoms with Gasteiger partial charge < -0.3 is 14.6 Å². The molecular formula is C17H24O3. The van der Waals surface area contributed by atoms with Crippen molar-refractivity contribution in [1.29, 1.82) is 0 Å². The van der Waals surface area contributed by atoms with Gasteiger partial charge in [-0.1, -0.05) is 44.1 Å². The number of aliphatic hydroxyl groups excluding tert-OH is 1. The Morgan fingerprint density at radius 1 is 1.20 bits per heavy atom. The van der Waals surface area contributed by atoms with Crippen molar-refractivity contribution in [2.24, 2.45) is 0 Å². The van der Waals surface area contributed by atoms with Crippen molar-refractivity contribution in [3.8, 4) is 17.6 Å². The molecule has 0 radical (unpaired) electrons. The maximum atomic E-state index is 8.77. The Bertz CT molecular complexity index is 443. The zero-order chi connectivity index (χ0) is 14.6. The summed E-state index contributed by atoms with van der Waals surface area (Å²) in [5.41, 5.74) is 1.86. The second kappa shape index (κ2) is 10.3. The van der Waals surface area contributed by atoms with E-state index in [2.05, 4.69) is 18.8 Å². The topological polar surface area (TPSA) is 38.7 Å². The fourth-order valence-corrected chi connectivity index (χ4v) is 1.90. The van der Waals surface area contributed by atoms with Gasteiger partial charge in [-0.15, -0.1) is 0 Å². The second-order valence-corrected chi connectivity index (χ2v) is 4.61. The minimum absolute atomic E-state index is 0.151. The van der Waals surface area contributed by atoms with Gasteiger partial charge in [0.25, 0.3) is 0 Å². The van der Waals surface area contributed by atoms with Gasteiger partial charge in [-0.3, -0.25) is 0 Å². The van der Waals surface area contributed by atoms with Crippen LogP contribution in [0.4, 0.5) is 0 Å². The Morgan fingerprint density at radius 2 is 2.05 bits per heavy atom. The third-order valence-electron chi connectivity index (χ3n) is 2.98. The zero-order valence-corrected chi connectivity index (χ0v) is 12.4. The third-order valence-corrected chi connectivity index (χ3v) is 2.98. The van der Waals surface area contributed by atoms with Gasteiger partial charge >= 0.3 is 0 Å². The molecule has 1 rings (SSSR count). The average Bonchev–Trinajstić information content (AvgIpc) is 2.48. The first kappa shape index (κ1) is 16.6. The molecule has 20 heavy (non-hydrogen) atoms. The van der Waals surface area contributed by atoms with Crippen LogP contribution < -0.4 is 4.74 Å². The van der Waals surface area contributed by atoms with Crippen LogP contribution in [0, 0.1) is 11.8 Å². The zero-order valence-electron chi connectivity index (χ0n) is 12.4. The minimum Gasteiger partial charge on any atom is -0.495 e. The number of hydrogen-bond donors (Lipinski definition) is 1. The molecule has 0 atom stereocenters. The van der Waals surface area contributed by atoms with Gasteiger partial charge in [0.15, 0.2) is 0 Å². The molecule has 1 N–H and O–H groups in total. The number of rotatable bonds is 8. The minimum atomic E-state index is -0.151. The fourth-order valence-electron chi connectivity index (χ4n) is 1.90. The number of hydrogen-bond acceptors (Lipinski definition) is 3. The van der Waals surface area contributed by atoms with Crippen LogP contribution in [0.3, 0.4) is 0 Å². The largest absolute Gasteiger partial charge is 0.495 e. The van der Waals surface area contributed by atoms with E-state index in [9.17, 15) is 0 Å². The smallest absolute Gasteiger partial charge is 0.134 e. The standard InChI is InChI=1S/C17H24O3/c1-3-4-5-6-12-20-14-15-9-10-17(19-2)16(13-15)8-7-11-18/h9-10,13,18H,3-6,11-12,14H2,1-2H3. The van der Waals surface area contributed by atoms with Crippen LogP contribution >= 0.6 is 0 Å². The summed E-state index contributed by atoms with van der Waals surface area (Å²) in [6, 6.07) is 5.82. The highest BCUT2D eigenvalue weighted by atomic mass is 16.5. The normalized spacial score (nSPS) is 9.95. The molecule has 1 aromatic rings. The predicted molar refractivity (Wildman–Crippen MR) is 80.8 cm³/mol. The van der Waals surface area contributed by atoms with Gasteiger partial charge in [0.2, 0.25) is 0 Å². The summed E-state index contributed by atoms with van der Waals surface area (Å²) in [5.74, 6) is 6.25. The highest BCUT2D eigenvalue weighted by Gasteiger charge is 2.02. The molecule has 110 valence electrons. The van der Waals surface area contributed by atoms with Gasteiger partial charge in [0.1, 0.15) is 12.4 Å². The van der Waals surface area contributed by atoms with Crippen molar-refractivity contribution >= 4 is 0 Å². The van der Waals surface area contributed by atoms with E-state index in [0.717, 1.165) is 29.9 Å². The van der Waals surface area contributed by atoms with Gasteiger partial charge in [0, 0.05) is 6.61 Å². The van der Waals surface area contributed by atoms with E-state index in [-0.39, 0.29) is 6.61 Å². The molecule has 1 aromatic carbocycles. The quantitative estimate of drug-likeness (QED) is 0.585. The van der Waals surface area contributed by atoms with Gasteiger partial charge in [0.05, 0.1) is 19.3 Å². The van der Waals surface area contributed by atoms with Gasteiger partial charge in [-0.2, -0.15) is 0 Å². The molecule has 0 aromatic heterocycles. The van der Waals surface area contributed by atoms with Crippen molar-refractivity contribution in [1.82, 2.24) is 0 Å². The van der Waals surface area contributed by atoms with Gasteiger partial charge in [-0.25, -0.2) is 0 Å². The fraction of sp³-hybridized carbons (Fsp3) is 0.529. The monoisotopic (exact) mass is 276 g/mol. The molecular weight excluding hydrogens is 252 g/mol. The van der Waals surface area contributed by atoms with E-state index in [1.54, 1.807) is 7.11 Å². The van der Waals surface area contributed by atoms with E-state index < -0.39 is 0 Å². The second-order valence-electron chi connectivity index (χ2n) is 4.61. The van der Waals surface area contributed by atoms with E-state index in [0.29, 0.717) is 6.61 Å². The van der Waals surface area contributed by atoms with E-state index in [1.807, 2.05) is 18.2 Å². The highest BCUT2D eigenvalue weighted by molar-refractivity contribution is 5.48. The molecule has 0 bridgehead atoms. The summed E-state index contributed by atoms with van der Waals surface area (Å²) in [4.78, 5) is 0. The Balaban J connectivity index is 2.50. The molecule has 0 heterocycles. The number of methoxy groups -OCH3 is 1. The van der Waals surface area contributed by atoms with Crippen molar-refractivity contribution in [2.45, 2.75) is 39.2 Å². The molecule has 3 heteroatoms. The van der Waals surface area contributed by atoms with Crippen LogP contribution in [0.25, 0.3) is 0 Å². The van der Waals surface area contributed by atoms with Gasteiger partial charge in [-0.05, 0) is 24.1 Å². The lowest BCUT2D eigenvalue weighted by Crippen LogP contribution is -1.97. The first-order valence-electron chi connectivity index (χ1n) is 7.16. The third kappa shape index (κ3) is 6.10. The summed E-state index contributed by atoms with van der Waals surface area (Å²) in [7, 11) is 1.61. The Kier molecular flexibility index (Phi) is 8.53. The molecule has 0 spiro atoms. The first-order valence-corrected chi connectivity index (χ1v) is 7.16. The summed E-state index contributed by atoms with van der Waals surface area (Å²) < 4.78 is 10.9. The van der Waals surface area contributed by atoms with Crippen LogP contribution in [-0.4, -0.2) is 25.4 Å². The molecule has 0 saturated carbocycles. The van der Waals surface area contributed by atoms with Crippen LogP contribution in [0.5, 0.6) is 5.75 Å². The van der Waals surface area contributed by atoms with Crippen molar-refractivity contribution in [2.75, 3.05) is 20.3 Å². The lowest BCUT2D eigenvalue weighted by Gasteiger charge is -2.08. The van der Waals surface area contributed by atoms with Crippen LogP contribution in [0.2, 0.25) is 0 Å². The Hall–Kier alpha value is -1.50.